The highest BCUT2D eigenvalue weighted by Gasteiger charge is 2.38. The highest BCUT2D eigenvalue weighted by atomic mass is 16.5. The average Bonchev–Trinajstić information content (AvgIpc) is 3.48. The quantitative estimate of drug-likeness (QED) is 0.777. The number of hydrogen-bond acceptors (Lipinski definition) is 6. The molecule has 8 nitrogen and oxygen atoms in total. The smallest absolute Gasteiger partial charge is 0.243 e. The summed E-state index contributed by atoms with van der Waals surface area (Å²) in [5.74, 6) is -0.319. The normalized spacial score (nSPS) is 18.8. The van der Waals surface area contributed by atoms with E-state index in [1.807, 2.05) is 12.1 Å². The van der Waals surface area contributed by atoms with Gasteiger partial charge in [-0.25, -0.2) is 0 Å². The Morgan fingerprint density at radius 2 is 1.93 bits per heavy atom. The average molecular weight is 410 g/mol. The molecule has 0 saturated carbocycles. The summed E-state index contributed by atoms with van der Waals surface area (Å²) in [6, 6.07) is 9.04. The number of aryl methyl sites for hydroxylation is 1. The van der Waals surface area contributed by atoms with Crippen LogP contribution in [0.25, 0.3) is 0 Å². The van der Waals surface area contributed by atoms with Crippen molar-refractivity contribution < 1.29 is 18.9 Å². The maximum atomic E-state index is 12.7. The maximum absolute atomic E-state index is 12.7. The molecule has 1 aromatic carbocycles. The Kier molecular flexibility index (Phi) is 5.83. The fourth-order valence-corrected chi connectivity index (χ4v) is 4.04. The SMILES string of the molecule is Cc1cc(CC(=O)N2CC(=O)CC2C(=O)NCc2ccc(N3CCCC3)cc2)on1. The predicted octanol–water partition coefficient (Wildman–Crippen LogP) is 1.61. The van der Waals surface area contributed by atoms with E-state index in [1.165, 1.54) is 23.4 Å². The van der Waals surface area contributed by atoms with Gasteiger partial charge in [0.15, 0.2) is 5.78 Å². The summed E-state index contributed by atoms with van der Waals surface area (Å²) in [5, 5.41) is 6.63. The van der Waals surface area contributed by atoms with Gasteiger partial charge in [0.2, 0.25) is 11.8 Å². The molecule has 1 N–H and O–H groups in total. The summed E-state index contributed by atoms with van der Waals surface area (Å²) in [6.45, 7) is 4.25. The molecule has 3 heterocycles. The number of benzene rings is 1. The van der Waals surface area contributed by atoms with Gasteiger partial charge in [-0.15, -0.1) is 0 Å². The van der Waals surface area contributed by atoms with Crippen molar-refractivity contribution in [3.05, 3.63) is 47.3 Å². The van der Waals surface area contributed by atoms with Crippen molar-refractivity contribution in [3.63, 3.8) is 0 Å². The second-order valence-electron chi connectivity index (χ2n) is 7.97. The minimum atomic E-state index is -0.780. The third-order valence-electron chi connectivity index (χ3n) is 5.64. The molecule has 0 aliphatic carbocycles. The monoisotopic (exact) mass is 410 g/mol. The van der Waals surface area contributed by atoms with Crippen LogP contribution in [0.1, 0.15) is 36.3 Å². The second kappa shape index (κ2) is 8.69. The first kappa shape index (κ1) is 20.1. The Bertz CT molecular complexity index is 931. The van der Waals surface area contributed by atoms with Gasteiger partial charge in [0, 0.05) is 37.8 Å². The molecule has 0 bridgehead atoms. The lowest BCUT2D eigenvalue weighted by atomic mass is 10.1. The van der Waals surface area contributed by atoms with Crippen molar-refractivity contribution in [2.45, 2.75) is 45.2 Å². The van der Waals surface area contributed by atoms with Crippen LogP contribution in [0.3, 0.4) is 0 Å². The van der Waals surface area contributed by atoms with Crippen LogP contribution in [0.5, 0.6) is 0 Å². The Morgan fingerprint density at radius 3 is 2.60 bits per heavy atom. The molecule has 1 unspecified atom stereocenters. The van der Waals surface area contributed by atoms with Crippen LogP contribution in [0.2, 0.25) is 0 Å². The Hall–Kier alpha value is -3.16. The highest BCUT2D eigenvalue weighted by Crippen LogP contribution is 2.21. The number of rotatable bonds is 6. The Morgan fingerprint density at radius 1 is 1.20 bits per heavy atom. The minimum absolute atomic E-state index is 0.0180. The number of amides is 2. The molecule has 2 amide bonds. The zero-order valence-electron chi connectivity index (χ0n) is 17.1. The van der Waals surface area contributed by atoms with Gasteiger partial charge in [0.25, 0.3) is 0 Å². The zero-order valence-corrected chi connectivity index (χ0v) is 17.1. The number of hydrogen-bond donors (Lipinski definition) is 1. The fraction of sp³-hybridized carbons (Fsp3) is 0.455. The van der Waals surface area contributed by atoms with Gasteiger partial charge < -0.3 is 19.6 Å². The lowest BCUT2D eigenvalue weighted by Crippen LogP contribution is -2.46. The number of likely N-dealkylation sites (tertiary alicyclic amines) is 1. The molecule has 2 aromatic rings. The van der Waals surface area contributed by atoms with Gasteiger partial charge in [0.1, 0.15) is 11.8 Å². The molecule has 1 atom stereocenters. The van der Waals surface area contributed by atoms with Crippen LogP contribution in [0.4, 0.5) is 5.69 Å². The minimum Gasteiger partial charge on any atom is -0.372 e. The van der Waals surface area contributed by atoms with Crippen LogP contribution in [0.15, 0.2) is 34.9 Å². The van der Waals surface area contributed by atoms with Gasteiger partial charge in [0.05, 0.1) is 18.7 Å². The molecular weight excluding hydrogens is 384 g/mol. The summed E-state index contributed by atoms with van der Waals surface area (Å²) >= 11 is 0. The molecule has 158 valence electrons. The zero-order chi connectivity index (χ0) is 21.1. The summed E-state index contributed by atoms with van der Waals surface area (Å²) in [6.07, 6.45) is 2.48. The Labute approximate surface area is 175 Å². The molecule has 8 heteroatoms. The van der Waals surface area contributed by atoms with Gasteiger partial charge in [-0.1, -0.05) is 17.3 Å². The number of carbonyl (C=O) groups excluding carboxylic acids is 3. The summed E-state index contributed by atoms with van der Waals surface area (Å²) in [5.41, 5.74) is 2.86. The first-order valence-electron chi connectivity index (χ1n) is 10.3. The second-order valence-corrected chi connectivity index (χ2v) is 7.97. The summed E-state index contributed by atoms with van der Waals surface area (Å²) in [7, 11) is 0. The topological polar surface area (TPSA) is 95.8 Å². The van der Waals surface area contributed by atoms with Crippen molar-refractivity contribution in [3.8, 4) is 0 Å². The van der Waals surface area contributed by atoms with Crippen LogP contribution < -0.4 is 10.2 Å². The third kappa shape index (κ3) is 4.53. The molecule has 1 aromatic heterocycles. The van der Waals surface area contributed by atoms with Crippen molar-refractivity contribution in [1.82, 2.24) is 15.4 Å². The first-order valence-corrected chi connectivity index (χ1v) is 10.3. The van der Waals surface area contributed by atoms with Crippen molar-refractivity contribution in [2.24, 2.45) is 0 Å². The van der Waals surface area contributed by atoms with Gasteiger partial charge in [-0.3, -0.25) is 14.4 Å². The molecule has 2 saturated heterocycles. The third-order valence-corrected chi connectivity index (χ3v) is 5.64. The van der Waals surface area contributed by atoms with Crippen molar-refractivity contribution in [1.29, 1.82) is 0 Å². The molecule has 30 heavy (non-hydrogen) atoms. The van der Waals surface area contributed by atoms with E-state index in [0.717, 1.165) is 18.7 Å². The van der Waals surface area contributed by atoms with Crippen molar-refractivity contribution in [2.75, 3.05) is 24.5 Å². The van der Waals surface area contributed by atoms with E-state index in [-0.39, 0.29) is 37.0 Å². The largest absolute Gasteiger partial charge is 0.372 e. The van der Waals surface area contributed by atoms with Gasteiger partial charge in [-0.2, -0.15) is 0 Å². The Balaban J connectivity index is 1.34. The van der Waals surface area contributed by atoms with Crippen LogP contribution in [-0.4, -0.2) is 53.3 Å². The number of nitrogens with one attached hydrogen (secondary N) is 1. The van der Waals surface area contributed by atoms with E-state index >= 15 is 0 Å². The highest BCUT2D eigenvalue weighted by molar-refractivity contribution is 5.99. The number of carbonyl (C=O) groups is 3. The standard InChI is InChI=1S/C22H26N4O4/c1-15-10-19(30-24-15)12-21(28)26-14-18(27)11-20(26)22(29)23-13-16-4-6-17(7-5-16)25-8-2-3-9-25/h4-7,10,20H,2-3,8-9,11-14H2,1H3,(H,23,29). The van der Waals surface area contributed by atoms with Crippen LogP contribution >= 0.6 is 0 Å². The van der Waals surface area contributed by atoms with Crippen molar-refractivity contribution >= 4 is 23.3 Å². The van der Waals surface area contributed by atoms with Crippen LogP contribution in [0, 0.1) is 6.92 Å². The molecule has 2 fully saturated rings. The number of Topliss-reactive ketones (excluding diaryl/α,β-unsaturated/α-hetero) is 1. The van der Waals surface area contributed by atoms with E-state index in [1.54, 1.807) is 13.0 Å². The predicted molar refractivity (Wildman–Crippen MR) is 110 cm³/mol. The van der Waals surface area contributed by atoms with Gasteiger partial charge >= 0.3 is 0 Å². The molecule has 2 aliphatic heterocycles. The number of ketones is 1. The molecule has 2 aliphatic rings. The lowest BCUT2D eigenvalue weighted by molar-refractivity contribution is -0.138. The molecule has 4 rings (SSSR count). The lowest BCUT2D eigenvalue weighted by Gasteiger charge is -2.23. The van der Waals surface area contributed by atoms with E-state index in [4.69, 9.17) is 4.52 Å². The maximum Gasteiger partial charge on any atom is 0.243 e. The summed E-state index contributed by atoms with van der Waals surface area (Å²) < 4.78 is 5.08. The first-order chi connectivity index (χ1) is 14.5. The number of anilines is 1. The number of nitrogens with zero attached hydrogens (tertiary/aromatic N) is 3. The summed E-state index contributed by atoms with van der Waals surface area (Å²) in [4.78, 5) is 41.0. The molecular formula is C22H26N4O4. The van der Waals surface area contributed by atoms with E-state index in [0.29, 0.717) is 18.0 Å². The van der Waals surface area contributed by atoms with E-state index in [2.05, 4.69) is 27.5 Å². The van der Waals surface area contributed by atoms with Crippen LogP contribution in [-0.2, 0) is 27.3 Å². The van der Waals surface area contributed by atoms with Gasteiger partial charge in [-0.05, 0) is 37.5 Å². The van der Waals surface area contributed by atoms with E-state index < -0.39 is 6.04 Å². The number of aromatic nitrogens is 1. The molecule has 0 spiro atoms. The fourth-order valence-electron chi connectivity index (χ4n) is 4.04. The van der Waals surface area contributed by atoms with E-state index in [9.17, 15) is 14.4 Å². The molecule has 0 radical (unpaired) electrons.